The lowest BCUT2D eigenvalue weighted by Crippen LogP contribution is -2.03. The lowest BCUT2D eigenvalue weighted by molar-refractivity contribution is 0.588. The lowest BCUT2D eigenvalue weighted by Gasteiger charge is -2.01. The normalized spacial score (nSPS) is 10.3. The Morgan fingerprint density at radius 2 is 1.95 bits per heavy atom. The van der Waals surface area contributed by atoms with Crippen LogP contribution in [0.3, 0.4) is 0 Å². The first-order chi connectivity index (χ1) is 10.3. The van der Waals surface area contributed by atoms with E-state index in [4.69, 9.17) is 6.57 Å². The van der Waals surface area contributed by atoms with Crippen LogP contribution in [0.25, 0.3) is 16.4 Å². The van der Waals surface area contributed by atoms with Crippen molar-refractivity contribution < 1.29 is 4.39 Å². The van der Waals surface area contributed by atoms with Gasteiger partial charge in [-0.25, -0.2) is 4.39 Å². The molecule has 0 aliphatic heterocycles. The van der Waals surface area contributed by atoms with Crippen LogP contribution in [0.1, 0.15) is 5.56 Å². The first-order valence-electron chi connectivity index (χ1n) is 6.25. The summed E-state index contributed by atoms with van der Waals surface area (Å²) in [5, 5.41) is 4.25. The second-order valence-electron chi connectivity index (χ2n) is 4.31. The molecule has 1 aromatic carbocycles. The Morgan fingerprint density at radius 3 is 2.67 bits per heavy atom. The Kier molecular flexibility index (Phi) is 3.39. The van der Waals surface area contributed by atoms with Crippen LogP contribution < -0.4 is 0 Å². The molecule has 102 valence electrons. The number of pyridine rings is 1. The van der Waals surface area contributed by atoms with Gasteiger partial charge in [0.2, 0.25) is 0 Å². The topological polar surface area (TPSA) is 48.0 Å². The van der Waals surface area contributed by atoms with Gasteiger partial charge in [-0.3, -0.25) is 4.98 Å². The number of benzene rings is 1. The van der Waals surface area contributed by atoms with Gasteiger partial charge in [0.25, 0.3) is 5.82 Å². The molecule has 0 atom stereocenters. The second-order valence-corrected chi connectivity index (χ2v) is 4.31. The molecule has 0 radical (unpaired) electrons. The van der Waals surface area contributed by atoms with Crippen molar-refractivity contribution in [3.63, 3.8) is 0 Å². The Balaban J connectivity index is 1.98. The van der Waals surface area contributed by atoms with E-state index < -0.39 is 0 Å². The Labute approximate surface area is 120 Å². The van der Waals surface area contributed by atoms with Crippen LogP contribution in [0.2, 0.25) is 0 Å². The molecule has 0 saturated heterocycles. The molecule has 3 aromatic rings. The van der Waals surface area contributed by atoms with Gasteiger partial charge in [0.15, 0.2) is 0 Å². The van der Waals surface area contributed by atoms with Gasteiger partial charge in [-0.2, -0.15) is 4.68 Å². The number of hydrogen-bond acceptors (Lipinski definition) is 3. The van der Waals surface area contributed by atoms with Gasteiger partial charge < -0.3 is 4.85 Å². The molecule has 2 aromatic heterocycles. The highest BCUT2D eigenvalue weighted by atomic mass is 19.1. The maximum atomic E-state index is 13.7. The summed E-state index contributed by atoms with van der Waals surface area (Å²) in [6, 6.07) is 11.8. The van der Waals surface area contributed by atoms with Crippen LogP contribution >= 0.6 is 0 Å². The van der Waals surface area contributed by atoms with Gasteiger partial charge in [-0.05, 0) is 18.2 Å². The molecule has 0 aliphatic rings. The molecular formula is C15H10FN5. The molecule has 0 spiro atoms. The molecule has 0 unspecified atom stereocenters. The van der Waals surface area contributed by atoms with Crippen molar-refractivity contribution in [3.05, 3.63) is 71.5 Å². The zero-order valence-electron chi connectivity index (χ0n) is 10.9. The Bertz CT molecular complexity index is 804. The summed E-state index contributed by atoms with van der Waals surface area (Å²) >= 11 is 0. The minimum atomic E-state index is -0.330. The highest BCUT2D eigenvalue weighted by Gasteiger charge is 2.16. The summed E-state index contributed by atoms with van der Waals surface area (Å²) in [5.41, 5.74) is 1.04. The molecule has 6 heteroatoms. The highest BCUT2D eigenvalue weighted by molar-refractivity contribution is 5.51. The van der Waals surface area contributed by atoms with Crippen molar-refractivity contribution >= 4 is 5.95 Å². The Hall–Kier alpha value is -3.07. The summed E-state index contributed by atoms with van der Waals surface area (Å²) in [6.07, 6.45) is 1.63. The van der Waals surface area contributed by atoms with Crippen LogP contribution in [0.4, 0.5) is 10.3 Å². The minimum absolute atomic E-state index is 0.110. The largest absolute Gasteiger partial charge is 0.395 e. The van der Waals surface area contributed by atoms with Crippen molar-refractivity contribution in [2.75, 3.05) is 0 Å². The third kappa shape index (κ3) is 2.62. The van der Waals surface area contributed by atoms with Crippen LogP contribution in [0, 0.1) is 12.4 Å². The van der Waals surface area contributed by atoms with E-state index in [-0.39, 0.29) is 18.3 Å². The van der Waals surface area contributed by atoms with E-state index in [9.17, 15) is 4.39 Å². The quantitative estimate of drug-likeness (QED) is 0.692. The van der Waals surface area contributed by atoms with Crippen molar-refractivity contribution in [2.24, 2.45) is 0 Å². The summed E-state index contributed by atoms with van der Waals surface area (Å²) in [5.74, 6) is 0.139. The maximum absolute atomic E-state index is 13.7. The summed E-state index contributed by atoms with van der Waals surface area (Å²) in [6.45, 7) is 7.32. The molecule has 0 N–H and O–H groups in total. The highest BCUT2D eigenvalue weighted by Crippen LogP contribution is 2.19. The van der Waals surface area contributed by atoms with Gasteiger partial charge in [0.1, 0.15) is 18.1 Å². The van der Waals surface area contributed by atoms with Gasteiger partial charge in [-0.1, -0.05) is 29.4 Å². The SMILES string of the molecule is [C-]#[N+]c1nc(-c2ccccn2)nn1Cc1ccccc1F. The van der Waals surface area contributed by atoms with E-state index in [2.05, 4.69) is 19.9 Å². The van der Waals surface area contributed by atoms with Crippen molar-refractivity contribution in [3.8, 4) is 11.5 Å². The molecule has 3 rings (SSSR count). The minimum Gasteiger partial charge on any atom is -0.395 e. The molecule has 0 aliphatic carbocycles. The van der Waals surface area contributed by atoms with Gasteiger partial charge in [0, 0.05) is 11.8 Å². The number of nitrogens with zero attached hydrogens (tertiary/aromatic N) is 5. The van der Waals surface area contributed by atoms with E-state index in [1.165, 1.54) is 10.7 Å². The average molecular weight is 279 g/mol. The summed E-state index contributed by atoms with van der Waals surface area (Å²) in [4.78, 5) is 11.6. The lowest BCUT2D eigenvalue weighted by atomic mass is 10.2. The first-order valence-corrected chi connectivity index (χ1v) is 6.25. The Morgan fingerprint density at radius 1 is 1.14 bits per heavy atom. The number of hydrogen-bond donors (Lipinski definition) is 0. The van der Waals surface area contributed by atoms with E-state index in [0.717, 1.165) is 0 Å². The van der Waals surface area contributed by atoms with Crippen molar-refractivity contribution in [2.45, 2.75) is 6.54 Å². The zero-order valence-corrected chi connectivity index (χ0v) is 10.9. The fourth-order valence-corrected chi connectivity index (χ4v) is 1.91. The van der Waals surface area contributed by atoms with Gasteiger partial charge in [0.05, 0.1) is 0 Å². The smallest absolute Gasteiger partial charge is 0.360 e. The van der Waals surface area contributed by atoms with E-state index in [1.807, 2.05) is 6.07 Å². The van der Waals surface area contributed by atoms with Crippen molar-refractivity contribution in [1.82, 2.24) is 19.7 Å². The first kappa shape index (κ1) is 12.9. The van der Waals surface area contributed by atoms with Crippen LogP contribution in [0.5, 0.6) is 0 Å². The van der Waals surface area contributed by atoms with Crippen molar-refractivity contribution in [1.29, 1.82) is 0 Å². The summed E-state index contributed by atoms with van der Waals surface area (Å²) in [7, 11) is 0. The number of aromatic nitrogens is 4. The fraction of sp³-hybridized carbons (Fsp3) is 0.0667. The molecule has 0 bridgehead atoms. The maximum Gasteiger partial charge on any atom is 0.360 e. The third-order valence-electron chi connectivity index (χ3n) is 2.92. The van der Waals surface area contributed by atoms with Crippen LogP contribution in [-0.4, -0.2) is 19.7 Å². The predicted molar refractivity (Wildman–Crippen MR) is 75.0 cm³/mol. The number of halogens is 1. The molecule has 5 nitrogen and oxygen atoms in total. The monoisotopic (exact) mass is 279 g/mol. The average Bonchev–Trinajstić information content (AvgIpc) is 2.93. The molecule has 2 heterocycles. The summed E-state index contributed by atoms with van der Waals surface area (Å²) < 4.78 is 15.1. The molecule has 0 saturated carbocycles. The van der Waals surface area contributed by atoms with E-state index in [0.29, 0.717) is 17.1 Å². The van der Waals surface area contributed by atoms with Crippen LogP contribution in [-0.2, 0) is 6.54 Å². The molecule has 0 amide bonds. The number of rotatable bonds is 3. The van der Waals surface area contributed by atoms with Gasteiger partial charge in [-0.15, -0.1) is 11.6 Å². The second kappa shape index (κ2) is 5.51. The van der Waals surface area contributed by atoms with Crippen LogP contribution in [0.15, 0.2) is 48.7 Å². The molecule has 0 fully saturated rings. The fourth-order valence-electron chi connectivity index (χ4n) is 1.91. The predicted octanol–water partition coefficient (Wildman–Crippen LogP) is 3.08. The van der Waals surface area contributed by atoms with E-state index in [1.54, 1.807) is 36.5 Å². The van der Waals surface area contributed by atoms with E-state index >= 15 is 0 Å². The standard InChI is InChI=1S/C15H10FN5/c1-17-15-19-14(13-8-4-5-9-18-13)20-21(15)10-11-6-2-3-7-12(11)16/h2-9H,10H2. The molecule has 21 heavy (non-hydrogen) atoms. The molecular weight excluding hydrogens is 269 g/mol. The third-order valence-corrected chi connectivity index (χ3v) is 2.92. The van der Waals surface area contributed by atoms with Gasteiger partial charge >= 0.3 is 5.95 Å². The zero-order chi connectivity index (χ0) is 14.7.